The summed E-state index contributed by atoms with van der Waals surface area (Å²) < 4.78 is 27.5. The topological polar surface area (TPSA) is 72.5 Å². The Bertz CT molecular complexity index is 330. The number of hydrogen-bond acceptors (Lipinski definition) is 4. The van der Waals surface area contributed by atoms with Crippen molar-refractivity contribution >= 4 is 31.7 Å². The highest BCUT2D eigenvalue weighted by molar-refractivity contribution is 9.09. The van der Waals surface area contributed by atoms with Crippen LogP contribution in [0.2, 0.25) is 0 Å². The Labute approximate surface area is 104 Å². The number of carbonyl (C=O) groups is 1. The molecule has 1 N–H and O–H groups in total. The van der Waals surface area contributed by atoms with E-state index in [2.05, 4.69) is 21.2 Å². The summed E-state index contributed by atoms with van der Waals surface area (Å²) >= 11 is 3.22. The van der Waals surface area contributed by atoms with Gasteiger partial charge in [-0.05, 0) is 6.42 Å². The normalized spacial score (nSPS) is 23.2. The Kier molecular flexibility index (Phi) is 5.71. The average molecular weight is 314 g/mol. The van der Waals surface area contributed by atoms with Crippen LogP contribution in [0.5, 0.6) is 0 Å². The van der Waals surface area contributed by atoms with Crippen molar-refractivity contribution in [2.24, 2.45) is 5.92 Å². The molecule has 0 saturated carbocycles. The van der Waals surface area contributed by atoms with Gasteiger partial charge in [-0.25, -0.2) is 8.42 Å². The zero-order valence-corrected chi connectivity index (χ0v) is 11.3. The van der Waals surface area contributed by atoms with Crippen LogP contribution >= 0.6 is 15.9 Å². The van der Waals surface area contributed by atoms with Gasteiger partial charge in [0.25, 0.3) is 0 Å². The van der Waals surface area contributed by atoms with E-state index >= 15 is 0 Å². The van der Waals surface area contributed by atoms with E-state index in [0.717, 1.165) is 5.33 Å². The summed E-state index contributed by atoms with van der Waals surface area (Å²) in [4.78, 5) is 11.5. The molecular weight excluding hydrogens is 298 g/mol. The summed E-state index contributed by atoms with van der Waals surface area (Å²) in [6.45, 7) is 1.49. The lowest BCUT2D eigenvalue weighted by atomic mass is 10.1. The average Bonchev–Trinajstić information content (AvgIpc) is 2.58. The van der Waals surface area contributed by atoms with Gasteiger partial charge in [-0.2, -0.15) is 0 Å². The Morgan fingerprint density at radius 1 is 1.44 bits per heavy atom. The number of hydrogen-bond donors (Lipinski definition) is 1. The molecule has 5 nitrogen and oxygen atoms in total. The van der Waals surface area contributed by atoms with Crippen molar-refractivity contribution in [1.29, 1.82) is 0 Å². The number of rotatable bonds is 6. The summed E-state index contributed by atoms with van der Waals surface area (Å²) in [5.41, 5.74) is 0. The molecule has 0 aromatic heterocycles. The molecule has 1 aliphatic heterocycles. The van der Waals surface area contributed by atoms with Crippen LogP contribution in [0.1, 0.15) is 6.42 Å². The van der Waals surface area contributed by atoms with Crippen molar-refractivity contribution < 1.29 is 17.9 Å². The van der Waals surface area contributed by atoms with E-state index in [9.17, 15) is 13.2 Å². The van der Waals surface area contributed by atoms with Crippen molar-refractivity contribution in [3.8, 4) is 0 Å². The number of nitrogens with one attached hydrogen (secondary N) is 1. The monoisotopic (exact) mass is 313 g/mol. The second kappa shape index (κ2) is 6.56. The van der Waals surface area contributed by atoms with Crippen LogP contribution in [0.25, 0.3) is 0 Å². The van der Waals surface area contributed by atoms with Gasteiger partial charge in [0.2, 0.25) is 5.91 Å². The highest BCUT2D eigenvalue weighted by atomic mass is 79.9. The molecule has 1 amide bonds. The Morgan fingerprint density at radius 2 is 2.19 bits per heavy atom. The number of alkyl halides is 1. The number of amides is 1. The van der Waals surface area contributed by atoms with Gasteiger partial charge >= 0.3 is 0 Å². The first-order valence-corrected chi connectivity index (χ1v) is 8.11. The third kappa shape index (κ3) is 4.80. The molecule has 16 heavy (non-hydrogen) atoms. The fraction of sp³-hybridized carbons (Fsp3) is 0.889. The van der Waals surface area contributed by atoms with E-state index < -0.39 is 9.84 Å². The minimum Gasteiger partial charge on any atom is -0.379 e. The molecule has 1 heterocycles. The molecule has 0 aliphatic carbocycles. The SMILES string of the molecule is O=C(NCCOCCBr)C1CCS(=O)(=O)C1. The zero-order chi connectivity index (χ0) is 12.0. The predicted molar refractivity (Wildman–Crippen MR) is 64.4 cm³/mol. The maximum absolute atomic E-state index is 11.5. The fourth-order valence-corrected chi connectivity index (χ4v) is 3.52. The maximum atomic E-state index is 11.5. The smallest absolute Gasteiger partial charge is 0.224 e. The third-order valence-electron chi connectivity index (χ3n) is 2.37. The molecule has 1 fully saturated rings. The Morgan fingerprint density at radius 3 is 2.75 bits per heavy atom. The van der Waals surface area contributed by atoms with E-state index in [-0.39, 0.29) is 23.3 Å². The highest BCUT2D eigenvalue weighted by Gasteiger charge is 2.32. The van der Waals surface area contributed by atoms with Crippen molar-refractivity contribution in [1.82, 2.24) is 5.32 Å². The van der Waals surface area contributed by atoms with Crippen molar-refractivity contribution in [3.63, 3.8) is 0 Å². The van der Waals surface area contributed by atoms with Crippen molar-refractivity contribution in [3.05, 3.63) is 0 Å². The van der Waals surface area contributed by atoms with Crippen LogP contribution in [0.3, 0.4) is 0 Å². The fourth-order valence-electron chi connectivity index (χ4n) is 1.55. The van der Waals surface area contributed by atoms with Crippen LogP contribution < -0.4 is 5.32 Å². The first-order valence-electron chi connectivity index (χ1n) is 5.17. The second-order valence-electron chi connectivity index (χ2n) is 3.69. The number of sulfone groups is 1. The maximum Gasteiger partial charge on any atom is 0.224 e. The van der Waals surface area contributed by atoms with E-state index in [1.54, 1.807) is 0 Å². The third-order valence-corrected chi connectivity index (χ3v) is 4.46. The molecule has 0 aromatic rings. The molecule has 0 aromatic carbocycles. The molecule has 1 rings (SSSR count). The minimum absolute atomic E-state index is 0.0128. The molecule has 1 saturated heterocycles. The zero-order valence-electron chi connectivity index (χ0n) is 8.95. The minimum atomic E-state index is -2.98. The molecule has 94 valence electrons. The largest absolute Gasteiger partial charge is 0.379 e. The molecule has 7 heteroatoms. The predicted octanol–water partition coefficient (Wildman–Crippen LogP) is -0.0512. The lowest BCUT2D eigenvalue weighted by molar-refractivity contribution is -0.124. The molecular formula is C9H16BrNO4S. The Balaban J connectivity index is 2.16. The van der Waals surface area contributed by atoms with Gasteiger partial charge < -0.3 is 10.1 Å². The standard InChI is InChI=1S/C9H16BrNO4S/c10-2-4-15-5-3-11-9(12)8-1-6-16(13,14)7-8/h8H,1-7H2,(H,11,12). The van der Waals surface area contributed by atoms with Gasteiger partial charge in [-0.3, -0.25) is 4.79 Å². The van der Waals surface area contributed by atoms with E-state index in [4.69, 9.17) is 4.74 Å². The lowest BCUT2D eigenvalue weighted by Crippen LogP contribution is -2.33. The quantitative estimate of drug-likeness (QED) is 0.551. The van der Waals surface area contributed by atoms with E-state index in [1.807, 2.05) is 0 Å². The molecule has 0 bridgehead atoms. The van der Waals surface area contributed by atoms with Crippen LogP contribution in [0.4, 0.5) is 0 Å². The van der Waals surface area contributed by atoms with Gasteiger partial charge in [-0.15, -0.1) is 0 Å². The van der Waals surface area contributed by atoms with E-state index in [1.165, 1.54) is 0 Å². The number of halogens is 1. The first kappa shape index (κ1) is 13.9. The van der Waals surface area contributed by atoms with Crippen LogP contribution in [-0.2, 0) is 19.4 Å². The van der Waals surface area contributed by atoms with Crippen molar-refractivity contribution in [2.45, 2.75) is 6.42 Å². The summed E-state index contributed by atoms with van der Waals surface area (Å²) in [6, 6.07) is 0. The van der Waals surface area contributed by atoms with Gasteiger partial charge in [0.15, 0.2) is 9.84 Å². The summed E-state index contributed by atoms with van der Waals surface area (Å²) in [7, 11) is -2.98. The van der Waals surface area contributed by atoms with E-state index in [0.29, 0.717) is 26.2 Å². The summed E-state index contributed by atoms with van der Waals surface area (Å²) in [5, 5.41) is 3.44. The number of carbonyl (C=O) groups excluding carboxylic acids is 1. The van der Waals surface area contributed by atoms with Crippen molar-refractivity contribution in [2.75, 3.05) is 36.6 Å². The summed E-state index contributed by atoms with van der Waals surface area (Å²) in [6.07, 6.45) is 0.441. The first-order chi connectivity index (χ1) is 7.55. The van der Waals surface area contributed by atoms with Gasteiger partial charge in [0, 0.05) is 11.9 Å². The van der Waals surface area contributed by atoms with Crippen LogP contribution in [0.15, 0.2) is 0 Å². The molecule has 1 unspecified atom stereocenters. The van der Waals surface area contributed by atoms with Gasteiger partial charge in [0.1, 0.15) is 0 Å². The highest BCUT2D eigenvalue weighted by Crippen LogP contribution is 2.18. The molecule has 1 aliphatic rings. The molecule has 0 radical (unpaired) electrons. The molecule has 1 atom stereocenters. The number of ether oxygens (including phenoxy) is 1. The van der Waals surface area contributed by atoms with Crippen LogP contribution in [0, 0.1) is 5.92 Å². The summed E-state index contributed by atoms with van der Waals surface area (Å²) in [5.74, 6) is -0.434. The second-order valence-corrected chi connectivity index (χ2v) is 6.71. The Hall–Kier alpha value is -0.140. The lowest BCUT2D eigenvalue weighted by Gasteiger charge is -2.09. The van der Waals surface area contributed by atoms with Crippen LogP contribution in [-0.4, -0.2) is 50.9 Å². The van der Waals surface area contributed by atoms with Gasteiger partial charge in [-0.1, -0.05) is 15.9 Å². The van der Waals surface area contributed by atoms with Gasteiger partial charge in [0.05, 0.1) is 30.6 Å². The molecule has 0 spiro atoms.